The molecule has 0 aliphatic heterocycles. The normalized spacial score (nSPS) is 14.6. The van der Waals surface area contributed by atoms with Gasteiger partial charge in [-0.15, -0.1) is 0 Å². The summed E-state index contributed by atoms with van der Waals surface area (Å²) in [5, 5.41) is 5.45. The molecule has 1 aromatic heterocycles. The van der Waals surface area contributed by atoms with E-state index in [1.54, 1.807) is 6.20 Å². The zero-order chi connectivity index (χ0) is 20.7. The predicted molar refractivity (Wildman–Crippen MR) is 103 cm³/mol. The Hall–Kier alpha value is -2.77. The molecule has 5 nitrogen and oxygen atoms in total. The number of nitrogens with one attached hydrogen (secondary N) is 2. The van der Waals surface area contributed by atoms with Crippen molar-refractivity contribution in [3.8, 4) is 5.88 Å². The first-order valence-corrected chi connectivity index (χ1v) is 9.69. The molecule has 1 aliphatic rings. The number of benzene rings is 1. The van der Waals surface area contributed by atoms with Crippen LogP contribution in [0, 0.1) is 0 Å². The fraction of sp³-hybridized carbons (Fsp3) is 0.429. The Morgan fingerprint density at radius 2 is 1.79 bits per heavy atom. The first kappa shape index (κ1) is 21.0. The van der Waals surface area contributed by atoms with Gasteiger partial charge in [0.15, 0.2) is 0 Å². The van der Waals surface area contributed by atoms with Crippen molar-refractivity contribution >= 4 is 6.03 Å². The van der Waals surface area contributed by atoms with Crippen LogP contribution in [0.25, 0.3) is 0 Å². The fourth-order valence-electron chi connectivity index (χ4n) is 3.23. The summed E-state index contributed by atoms with van der Waals surface area (Å²) in [6, 6.07) is 8.22. The Morgan fingerprint density at radius 3 is 2.48 bits per heavy atom. The van der Waals surface area contributed by atoms with Gasteiger partial charge in [0, 0.05) is 25.4 Å². The number of carbonyl (C=O) groups excluding carboxylic acids is 1. The Morgan fingerprint density at radius 1 is 1.07 bits per heavy atom. The van der Waals surface area contributed by atoms with Crippen LogP contribution in [0.1, 0.15) is 42.4 Å². The minimum atomic E-state index is -4.34. The maximum Gasteiger partial charge on any atom is 0.416 e. The van der Waals surface area contributed by atoms with E-state index in [0.29, 0.717) is 25.4 Å². The van der Waals surface area contributed by atoms with E-state index in [4.69, 9.17) is 4.74 Å². The van der Waals surface area contributed by atoms with Gasteiger partial charge in [0.25, 0.3) is 0 Å². The fourth-order valence-corrected chi connectivity index (χ4v) is 3.23. The van der Waals surface area contributed by atoms with E-state index in [2.05, 4.69) is 15.6 Å². The van der Waals surface area contributed by atoms with Gasteiger partial charge >= 0.3 is 12.2 Å². The van der Waals surface area contributed by atoms with E-state index in [-0.39, 0.29) is 12.1 Å². The van der Waals surface area contributed by atoms with Gasteiger partial charge in [-0.1, -0.05) is 12.1 Å². The van der Waals surface area contributed by atoms with Crippen LogP contribution in [-0.2, 0) is 19.1 Å². The van der Waals surface area contributed by atoms with Gasteiger partial charge in [-0.25, -0.2) is 9.78 Å². The van der Waals surface area contributed by atoms with E-state index in [1.807, 2.05) is 12.1 Å². The molecule has 3 rings (SSSR count). The van der Waals surface area contributed by atoms with Crippen molar-refractivity contribution in [3.63, 3.8) is 0 Å². The molecule has 1 saturated carbocycles. The topological polar surface area (TPSA) is 63.2 Å². The van der Waals surface area contributed by atoms with Gasteiger partial charge in [-0.3, -0.25) is 0 Å². The maximum atomic E-state index is 12.6. The molecule has 0 spiro atoms. The molecule has 0 radical (unpaired) electrons. The molecule has 2 amide bonds. The first-order valence-electron chi connectivity index (χ1n) is 9.69. The molecule has 2 N–H and O–H groups in total. The summed E-state index contributed by atoms with van der Waals surface area (Å²) in [7, 11) is 0. The van der Waals surface area contributed by atoms with Crippen LogP contribution in [0.4, 0.5) is 18.0 Å². The molecule has 8 heteroatoms. The third-order valence-electron chi connectivity index (χ3n) is 4.82. The van der Waals surface area contributed by atoms with Gasteiger partial charge in [-0.2, -0.15) is 13.2 Å². The third kappa shape index (κ3) is 6.66. The van der Waals surface area contributed by atoms with Crippen molar-refractivity contribution < 1.29 is 22.7 Å². The number of carbonyl (C=O) groups is 1. The molecule has 1 heterocycles. The van der Waals surface area contributed by atoms with E-state index < -0.39 is 11.7 Å². The van der Waals surface area contributed by atoms with Gasteiger partial charge in [0.1, 0.15) is 6.10 Å². The maximum absolute atomic E-state index is 12.6. The highest BCUT2D eigenvalue weighted by molar-refractivity contribution is 5.73. The highest BCUT2D eigenvalue weighted by Crippen LogP contribution is 2.29. The van der Waals surface area contributed by atoms with Gasteiger partial charge in [-0.05, 0) is 61.4 Å². The Labute approximate surface area is 167 Å². The second-order valence-electron chi connectivity index (χ2n) is 7.08. The van der Waals surface area contributed by atoms with E-state index >= 15 is 0 Å². The van der Waals surface area contributed by atoms with E-state index in [9.17, 15) is 18.0 Å². The van der Waals surface area contributed by atoms with Crippen LogP contribution in [0.3, 0.4) is 0 Å². The summed E-state index contributed by atoms with van der Waals surface area (Å²) in [4.78, 5) is 16.2. The van der Waals surface area contributed by atoms with Crippen molar-refractivity contribution in [2.45, 2.75) is 50.9 Å². The number of rotatable bonds is 7. The quantitative estimate of drug-likeness (QED) is 0.712. The lowest BCUT2D eigenvalue weighted by atomic mass is 10.1. The first-order chi connectivity index (χ1) is 13.9. The molecule has 0 saturated heterocycles. The average Bonchev–Trinajstić information content (AvgIpc) is 3.19. The highest BCUT2D eigenvalue weighted by atomic mass is 19.4. The number of amides is 2. The van der Waals surface area contributed by atoms with Gasteiger partial charge in [0.05, 0.1) is 5.56 Å². The molecule has 0 atom stereocenters. The van der Waals surface area contributed by atoms with E-state index in [1.165, 1.54) is 25.0 Å². The number of urea groups is 1. The number of nitrogens with zero attached hydrogens (tertiary/aromatic N) is 1. The number of ether oxygens (including phenoxy) is 1. The summed E-state index contributed by atoms with van der Waals surface area (Å²) in [6.07, 6.45) is 2.43. The van der Waals surface area contributed by atoms with Gasteiger partial charge < -0.3 is 15.4 Å². The molecule has 1 aliphatic carbocycles. The molecule has 29 heavy (non-hydrogen) atoms. The monoisotopic (exact) mass is 407 g/mol. The smallest absolute Gasteiger partial charge is 0.416 e. The van der Waals surface area contributed by atoms with Crippen molar-refractivity contribution in [2.24, 2.45) is 0 Å². The molecular formula is C21H24F3N3O2. The number of alkyl halides is 3. The summed E-state index contributed by atoms with van der Waals surface area (Å²) >= 11 is 0. The molecule has 1 aromatic carbocycles. The molecular weight excluding hydrogens is 383 g/mol. The third-order valence-corrected chi connectivity index (χ3v) is 4.82. The zero-order valence-electron chi connectivity index (χ0n) is 16.0. The largest absolute Gasteiger partial charge is 0.474 e. The Bertz CT molecular complexity index is 804. The minimum Gasteiger partial charge on any atom is -0.474 e. The standard InChI is InChI=1S/C21H24F3N3O2/c22-21(23,24)17-7-5-15(6-8-17)9-12-26-20(28)27-14-16-10-11-25-19(13-16)29-18-3-1-2-4-18/h5-8,10-11,13,18H,1-4,9,12,14H2,(H2,26,27,28). The molecule has 1 fully saturated rings. The SMILES string of the molecule is O=C(NCCc1ccc(C(F)(F)F)cc1)NCc1ccnc(OC2CCCC2)c1. The number of aromatic nitrogens is 1. The number of hydrogen-bond acceptors (Lipinski definition) is 3. The Balaban J connectivity index is 1.38. The van der Waals surface area contributed by atoms with Crippen LogP contribution in [0.5, 0.6) is 5.88 Å². The summed E-state index contributed by atoms with van der Waals surface area (Å²) in [6.45, 7) is 0.652. The van der Waals surface area contributed by atoms with Crippen molar-refractivity contribution in [1.29, 1.82) is 0 Å². The highest BCUT2D eigenvalue weighted by Gasteiger charge is 2.29. The molecule has 0 unspecified atom stereocenters. The number of hydrogen-bond donors (Lipinski definition) is 2. The van der Waals surface area contributed by atoms with Crippen LogP contribution in [0.15, 0.2) is 42.6 Å². The van der Waals surface area contributed by atoms with Crippen LogP contribution < -0.4 is 15.4 Å². The van der Waals surface area contributed by atoms with Gasteiger partial charge in [0.2, 0.25) is 5.88 Å². The van der Waals surface area contributed by atoms with Crippen molar-refractivity contribution in [3.05, 3.63) is 59.3 Å². The predicted octanol–water partition coefficient (Wildman–Crippen LogP) is 4.46. The lowest BCUT2D eigenvalue weighted by Crippen LogP contribution is -2.36. The molecule has 0 bridgehead atoms. The lowest BCUT2D eigenvalue weighted by molar-refractivity contribution is -0.137. The summed E-state index contributed by atoms with van der Waals surface area (Å²) in [5.74, 6) is 0.568. The zero-order valence-corrected chi connectivity index (χ0v) is 16.0. The molecule has 2 aromatic rings. The number of pyridine rings is 1. The number of halogens is 3. The van der Waals surface area contributed by atoms with E-state index in [0.717, 1.165) is 36.1 Å². The second kappa shape index (κ2) is 9.62. The summed E-state index contributed by atoms with van der Waals surface area (Å²) in [5.41, 5.74) is 0.924. The van der Waals surface area contributed by atoms with Crippen molar-refractivity contribution in [1.82, 2.24) is 15.6 Å². The Kier molecular flexibility index (Phi) is 6.95. The lowest BCUT2D eigenvalue weighted by Gasteiger charge is -2.13. The minimum absolute atomic E-state index is 0.221. The van der Waals surface area contributed by atoms with Crippen LogP contribution >= 0.6 is 0 Å². The van der Waals surface area contributed by atoms with Crippen LogP contribution in [0.2, 0.25) is 0 Å². The average molecular weight is 407 g/mol. The second-order valence-corrected chi connectivity index (χ2v) is 7.08. The van der Waals surface area contributed by atoms with Crippen molar-refractivity contribution in [2.75, 3.05) is 6.54 Å². The summed E-state index contributed by atoms with van der Waals surface area (Å²) < 4.78 is 43.5. The van der Waals surface area contributed by atoms with Crippen LogP contribution in [-0.4, -0.2) is 23.7 Å². The molecule has 156 valence electrons.